The van der Waals surface area contributed by atoms with Crippen molar-refractivity contribution in [3.63, 3.8) is 0 Å². The number of aliphatic hydroxyl groups is 4. The van der Waals surface area contributed by atoms with Crippen molar-refractivity contribution in [1.82, 2.24) is 0 Å². The van der Waals surface area contributed by atoms with E-state index in [0.29, 0.717) is 12.0 Å². The first-order valence-electron chi connectivity index (χ1n) is 9.46. The highest BCUT2D eigenvalue weighted by Gasteiger charge is 2.43. The van der Waals surface area contributed by atoms with Gasteiger partial charge in [-0.1, -0.05) is 24.3 Å². The van der Waals surface area contributed by atoms with Gasteiger partial charge in [0, 0.05) is 16.0 Å². The van der Waals surface area contributed by atoms with Crippen molar-refractivity contribution in [1.29, 1.82) is 0 Å². The molecule has 2 heterocycles. The molecule has 2 aromatic carbocycles. The lowest BCUT2D eigenvalue weighted by Crippen LogP contribution is -2.55. The fraction of sp³-hybridized carbons (Fsp3) is 0.364. The van der Waals surface area contributed by atoms with Gasteiger partial charge in [0.1, 0.15) is 36.3 Å². The van der Waals surface area contributed by atoms with E-state index < -0.39 is 37.1 Å². The molecule has 0 unspecified atom stereocenters. The van der Waals surface area contributed by atoms with Gasteiger partial charge in [-0.15, -0.1) is 11.3 Å². The molecule has 154 valence electrons. The highest BCUT2D eigenvalue weighted by atomic mass is 32.1. The molecule has 1 saturated heterocycles. The van der Waals surface area contributed by atoms with E-state index in [1.165, 1.54) is 6.07 Å². The molecule has 3 aromatic rings. The molecule has 1 aliphatic heterocycles. The number of fused-ring (bicyclic) bond motifs is 1. The fourth-order valence-electron chi connectivity index (χ4n) is 3.85. The normalized spacial score (nSPS) is 27.4. The van der Waals surface area contributed by atoms with Crippen molar-refractivity contribution < 1.29 is 29.6 Å². The van der Waals surface area contributed by atoms with Crippen LogP contribution in [0.4, 0.5) is 4.39 Å². The number of hydrogen-bond acceptors (Lipinski definition) is 6. The van der Waals surface area contributed by atoms with Gasteiger partial charge < -0.3 is 25.2 Å². The van der Waals surface area contributed by atoms with E-state index >= 15 is 0 Å². The second kappa shape index (κ2) is 8.10. The molecule has 0 radical (unpaired) electrons. The monoisotopic (exact) mass is 418 g/mol. The van der Waals surface area contributed by atoms with Crippen LogP contribution in [-0.2, 0) is 11.2 Å². The molecule has 0 amide bonds. The van der Waals surface area contributed by atoms with Gasteiger partial charge in [0.2, 0.25) is 0 Å². The number of ether oxygens (including phenoxy) is 1. The third-order valence-corrected chi connectivity index (χ3v) is 6.81. The van der Waals surface area contributed by atoms with Crippen LogP contribution in [0.2, 0.25) is 0 Å². The largest absolute Gasteiger partial charge is 0.394 e. The van der Waals surface area contributed by atoms with Gasteiger partial charge in [-0.2, -0.15) is 0 Å². The second-order valence-corrected chi connectivity index (χ2v) is 8.60. The molecule has 29 heavy (non-hydrogen) atoms. The van der Waals surface area contributed by atoms with Crippen molar-refractivity contribution >= 4 is 21.4 Å². The molecule has 1 aliphatic rings. The van der Waals surface area contributed by atoms with Crippen molar-refractivity contribution in [2.45, 2.75) is 43.9 Å². The average Bonchev–Trinajstić information content (AvgIpc) is 3.02. The zero-order valence-electron chi connectivity index (χ0n) is 15.8. The van der Waals surface area contributed by atoms with E-state index in [9.17, 15) is 24.8 Å². The van der Waals surface area contributed by atoms with Crippen LogP contribution in [0, 0.1) is 12.7 Å². The zero-order valence-corrected chi connectivity index (χ0v) is 16.6. The van der Waals surface area contributed by atoms with Crippen LogP contribution in [0.5, 0.6) is 0 Å². The number of halogens is 1. The lowest BCUT2D eigenvalue weighted by molar-refractivity contribution is -0.231. The third-order valence-electron chi connectivity index (χ3n) is 5.53. The summed E-state index contributed by atoms with van der Waals surface area (Å²) >= 11 is 1.62. The molecule has 0 saturated carbocycles. The summed E-state index contributed by atoms with van der Waals surface area (Å²) in [6.07, 6.45) is -5.26. The zero-order chi connectivity index (χ0) is 20.7. The van der Waals surface area contributed by atoms with Crippen LogP contribution in [-0.4, -0.2) is 51.4 Å². The van der Waals surface area contributed by atoms with Crippen molar-refractivity contribution in [3.05, 3.63) is 69.8 Å². The summed E-state index contributed by atoms with van der Waals surface area (Å²) in [5.41, 5.74) is 2.68. The average molecular weight is 418 g/mol. The maximum atomic E-state index is 13.6. The van der Waals surface area contributed by atoms with Crippen molar-refractivity contribution in [2.24, 2.45) is 0 Å². The number of aryl methyl sites for hydroxylation is 1. The Balaban J connectivity index is 1.62. The molecule has 7 heteroatoms. The van der Waals surface area contributed by atoms with Crippen LogP contribution >= 0.6 is 11.3 Å². The number of aliphatic hydroxyl groups excluding tert-OH is 4. The molecular formula is C22H23FO5S. The summed E-state index contributed by atoms with van der Waals surface area (Å²) in [6.45, 7) is 1.52. The Bertz CT molecular complexity index is 1020. The Morgan fingerprint density at radius 1 is 1.03 bits per heavy atom. The van der Waals surface area contributed by atoms with Gasteiger partial charge in [-0.25, -0.2) is 4.39 Å². The van der Waals surface area contributed by atoms with E-state index in [0.717, 1.165) is 26.1 Å². The minimum Gasteiger partial charge on any atom is -0.394 e. The highest BCUT2D eigenvalue weighted by molar-refractivity contribution is 7.19. The molecule has 0 bridgehead atoms. The summed E-state index contributed by atoms with van der Waals surface area (Å²) in [4.78, 5) is 1.12. The molecule has 5 nitrogen and oxygen atoms in total. The van der Waals surface area contributed by atoms with Gasteiger partial charge in [-0.3, -0.25) is 0 Å². The van der Waals surface area contributed by atoms with Crippen LogP contribution in [0.1, 0.15) is 27.7 Å². The molecule has 4 rings (SSSR count). The Hall–Kier alpha value is -1.87. The summed E-state index contributed by atoms with van der Waals surface area (Å²) in [5.74, 6) is -0.255. The Morgan fingerprint density at radius 3 is 2.59 bits per heavy atom. The maximum Gasteiger partial charge on any atom is 0.123 e. The van der Waals surface area contributed by atoms with Crippen LogP contribution < -0.4 is 0 Å². The first kappa shape index (κ1) is 20.4. The van der Waals surface area contributed by atoms with Gasteiger partial charge in [0.05, 0.1) is 6.61 Å². The minimum absolute atomic E-state index is 0.255. The number of thiophene rings is 1. The first-order valence-corrected chi connectivity index (χ1v) is 10.3. The molecule has 0 spiro atoms. The van der Waals surface area contributed by atoms with Gasteiger partial charge >= 0.3 is 0 Å². The predicted octanol–water partition coefficient (Wildman–Crippen LogP) is 2.45. The van der Waals surface area contributed by atoms with Crippen LogP contribution in [0.15, 0.2) is 42.5 Å². The molecule has 1 aromatic heterocycles. The van der Waals surface area contributed by atoms with E-state index in [2.05, 4.69) is 0 Å². The lowest BCUT2D eigenvalue weighted by atomic mass is 9.90. The Kier molecular flexibility index (Phi) is 5.70. The van der Waals surface area contributed by atoms with E-state index in [4.69, 9.17) is 4.74 Å². The summed E-state index contributed by atoms with van der Waals surface area (Å²) in [6, 6.07) is 12.3. The lowest BCUT2D eigenvalue weighted by Gasteiger charge is -2.40. The number of benzene rings is 2. The van der Waals surface area contributed by atoms with Gasteiger partial charge in [0.15, 0.2) is 0 Å². The highest BCUT2D eigenvalue weighted by Crippen LogP contribution is 2.35. The SMILES string of the molecule is Cc1c(Cc2cccc([C@@H]3O[C@H](CO)[C@@H](O)[C@H](O)[C@H]3O)c2)sc2ccc(F)cc12. The first-order chi connectivity index (χ1) is 13.9. The van der Waals surface area contributed by atoms with E-state index in [-0.39, 0.29) is 5.82 Å². The minimum atomic E-state index is -1.41. The van der Waals surface area contributed by atoms with Crippen molar-refractivity contribution in [2.75, 3.05) is 6.61 Å². The van der Waals surface area contributed by atoms with E-state index in [1.54, 1.807) is 29.5 Å². The molecule has 4 N–H and O–H groups in total. The second-order valence-electron chi connectivity index (χ2n) is 7.46. The molecule has 5 atom stereocenters. The van der Waals surface area contributed by atoms with Crippen LogP contribution in [0.25, 0.3) is 10.1 Å². The quantitative estimate of drug-likeness (QED) is 0.523. The Labute approximate surface area is 171 Å². The topological polar surface area (TPSA) is 90.2 Å². The molecule has 0 aliphatic carbocycles. The smallest absolute Gasteiger partial charge is 0.123 e. The summed E-state index contributed by atoms with van der Waals surface area (Å²) < 4.78 is 20.3. The third kappa shape index (κ3) is 3.82. The predicted molar refractivity (Wildman–Crippen MR) is 108 cm³/mol. The molecular weight excluding hydrogens is 395 g/mol. The summed E-state index contributed by atoms with van der Waals surface area (Å²) in [7, 11) is 0. The maximum absolute atomic E-state index is 13.6. The van der Waals surface area contributed by atoms with Gasteiger partial charge in [0.25, 0.3) is 0 Å². The van der Waals surface area contributed by atoms with Crippen molar-refractivity contribution in [3.8, 4) is 0 Å². The molecule has 1 fully saturated rings. The van der Waals surface area contributed by atoms with Gasteiger partial charge in [-0.05, 0) is 47.2 Å². The fourth-order valence-corrected chi connectivity index (χ4v) is 5.08. The number of hydrogen-bond donors (Lipinski definition) is 4. The standard InChI is InChI=1S/C22H23FO5S/c1-11-15-9-14(23)5-6-17(15)29-18(11)8-12-3-2-4-13(7-12)22-21(27)20(26)19(25)16(10-24)28-22/h2-7,9,16,19-22,24-27H,8,10H2,1H3/t16-,19-,20+,21-,22+/m1/s1. The Morgan fingerprint density at radius 2 is 1.83 bits per heavy atom. The van der Waals surface area contributed by atoms with Crippen LogP contribution in [0.3, 0.4) is 0 Å². The number of rotatable bonds is 4. The van der Waals surface area contributed by atoms with E-state index in [1.807, 2.05) is 25.1 Å². The summed E-state index contributed by atoms with van der Waals surface area (Å²) in [5, 5.41) is 40.7.